The number of thiazole rings is 1. The van der Waals surface area contributed by atoms with Crippen LogP contribution >= 0.6 is 11.3 Å². The lowest BCUT2D eigenvalue weighted by atomic mass is 10.1. The molecular weight excluding hydrogens is 278 g/mol. The second-order valence-electron chi connectivity index (χ2n) is 4.49. The normalized spacial score (nSPS) is 12.6. The van der Waals surface area contributed by atoms with Gasteiger partial charge in [-0.05, 0) is 17.7 Å². The van der Waals surface area contributed by atoms with Crippen molar-refractivity contribution >= 4 is 17.3 Å². The maximum atomic E-state index is 10.5. The van der Waals surface area contributed by atoms with E-state index >= 15 is 0 Å². The Morgan fingerprint density at radius 2 is 2.20 bits per heavy atom. The van der Waals surface area contributed by atoms with Gasteiger partial charge >= 0.3 is 5.97 Å². The van der Waals surface area contributed by atoms with Crippen molar-refractivity contribution in [3.05, 3.63) is 39.8 Å². The van der Waals surface area contributed by atoms with Crippen LogP contribution in [0.25, 0.3) is 0 Å². The average molecular weight is 291 g/mol. The number of ether oxygens (including phenoxy) is 2. The molecule has 0 radical (unpaired) electrons. The maximum absolute atomic E-state index is 10.5. The Morgan fingerprint density at radius 1 is 1.35 bits per heavy atom. The molecule has 20 heavy (non-hydrogen) atoms. The van der Waals surface area contributed by atoms with E-state index < -0.39 is 5.97 Å². The van der Waals surface area contributed by atoms with Crippen LogP contribution in [0, 0.1) is 0 Å². The first-order valence-corrected chi connectivity index (χ1v) is 7.12. The summed E-state index contributed by atoms with van der Waals surface area (Å²) in [6.45, 7) is 0.273. The summed E-state index contributed by atoms with van der Waals surface area (Å²) in [6, 6.07) is 5.85. The SMILES string of the molecule is O=C(O)CCc1csc(Cc2ccc3c(c2)OCO3)n1. The minimum atomic E-state index is -0.796. The number of fused-ring (bicyclic) bond motifs is 1. The number of hydrogen-bond donors (Lipinski definition) is 1. The third kappa shape index (κ3) is 2.91. The largest absolute Gasteiger partial charge is 0.481 e. The molecule has 5 nitrogen and oxygen atoms in total. The van der Waals surface area contributed by atoms with E-state index in [9.17, 15) is 4.79 Å². The van der Waals surface area contributed by atoms with Gasteiger partial charge in [0.2, 0.25) is 6.79 Å². The molecule has 2 heterocycles. The summed E-state index contributed by atoms with van der Waals surface area (Å²) in [5.41, 5.74) is 1.95. The van der Waals surface area contributed by atoms with Crippen molar-refractivity contribution in [2.75, 3.05) is 6.79 Å². The monoisotopic (exact) mass is 291 g/mol. The third-order valence-electron chi connectivity index (χ3n) is 2.99. The molecule has 1 aliphatic rings. The van der Waals surface area contributed by atoms with Crippen molar-refractivity contribution in [1.82, 2.24) is 4.98 Å². The van der Waals surface area contributed by atoms with Gasteiger partial charge < -0.3 is 14.6 Å². The van der Waals surface area contributed by atoms with Gasteiger partial charge in [-0.1, -0.05) is 6.07 Å². The van der Waals surface area contributed by atoms with Crippen molar-refractivity contribution in [3.8, 4) is 11.5 Å². The zero-order valence-corrected chi connectivity index (χ0v) is 11.5. The fraction of sp³-hybridized carbons (Fsp3) is 0.286. The van der Waals surface area contributed by atoms with Crippen molar-refractivity contribution in [1.29, 1.82) is 0 Å². The number of carbonyl (C=O) groups is 1. The molecule has 0 atom stereocenters. The number of hydrogen-bond acceptors (Lipinski definition) is 5. The van der Waals surface area contributed by atoms with Crippen LogP contribution in [0.1, 0.15) is 22.7 Å². The fourth-order valence-electron chi connectivity index (χ4n) is 2.01. The van der Waals surface area contributed by atoms with Gasteiger partial charge in [-0.2, -0.15) is 0 Å². The molecule has 0 aliphatic carbocycles. The predicted octanol–water partition coefficient (Wildman–Crippen LogP) is 2.48. The number of benzene rings is 1. The molecule has 2 aromatic rings. The quantitative estimate of drug-likeness (QED) is 0.916. The molecule has 0 saturated carbocycles. The molecule has 1 N–H and O–H groups in total. The first-order valence-electron chi connectivity index (χ1n) is 6.24. The molecule has 0 unspecified atom stereocenters. The van der Waals surface area contributed by atoms with E-state index in [1.54, 1.807) is 11.3 Å². The van der Waals surface area contributed by atoms with Crippen LogP contribution in [-0.4, -0.2) is 22.9 Å². The second-order valence-corrected chi connectivity index (χ2v) is 5.43. The summed E-state index contributed by atoms with van der Waals surface area (Å²) < 4.78 is 10.6. The molecule has 1 aromatic heterocycles. The highest BCUT2D eigenvalue weighted by Crippen LogP contribution is 2.33. The zero-order chi connectivity index (χ0) is 13.9. The Hall–Kier alpha value is -2.08. The Bertz CT molecular complexity index is 638. The summed E-state index contributed by atoms with van der Waals surface area (Å²) in [7, 11) is 0. The highest BCUT2D eigenvalue weighted by molar-refractivity contribution is 7.09. The van der Waals surface area contributed by atoms with E-state index in [2.05, 4.69) is 4.98 Å². The highest BCUT2D eigenvalue weighted by Gasteiger charge is 2.14. The predicted molar refractivity (Wildman–Crippen MR) is 73.4 cm³/mol. The summed E-state index contributed by atoms with van der Waals surface area (Å²) in [5.74, 6) is 0.746. The minimum absolute atomic E-state index is 0.118. The Morgan fingerprint density at radius 3 is 3.05 bits per heavy atom. The fourth-order valence-corrected chi connectivity index (χ4v) is 2.87. The molecule has 1 aromatic carbocycles. The molecule has 0 saturated heterocycles. The second kappa shape index (κ2) is 5.50. The number of aliphatic carboxylic acids is 1. The van der Waals surface area contributed by atoms with Crippen LogP contribution in [0.4, 0.5) is 0 Å². The van der Waals surface area contributed by atoms with Crippen LogP contribution < -0.4 is 9.47 Å². The van der Waals surface area contributed by atoms with Crippen LogP contribution in [0.3, 0.4) is 0 Å². The van der Waals surface area contributed by atoms with Crippen molar-refractivity contribution in [2.45, 2.75) is 19.3 Å². The van der Waals surface area contributed by atoms with Gasteiger partial charge in [0.05, 0.1) is 17.1 Å². The number of carboxylic acids is 1. The Labute approximate surface area is 119 Å². The van der Waals surface area contributed by atoms with Gasteiger partial charge in [-0.25, -0.2) is 4.98 Å². The first-order chi connectivity index (χ1) is 9.70. The van der Waals surface area contributed by atoms with Crippen LogP contribution in [0.5, 0.6) is 11.5 Å². The molecule has 0 bridgehead atoms. The van der Waals surface area contributed by atoms with Crippen LogP contribution in [-0.2, 0) is 17.6 Å². The van der Waals surface area contributed by atoms with Gasteiger partial charge in [0, 0.05) is 18.2 Å². The number of rotatable bonds is 5. The van der Waals surface area contributed by atoms with E-state index in [0.717, 1.165) is 27.8 Å². The lowest BCUT2D eigenvalue weighted by Crippen LogP contribution is -1.98. The average Bonchev–Trinajstić information content (AvgIpc) is 3.04. The van der Waals surface area contributed by atoms with Gasteiger partial charge in [0.1, 0.15) is 0 Å². The maximum Gasteiger partial charge on any atom is 0.303 e. The topological polar surface area (TPSA) is 68.7 Å². The molecule has 3 rings (SSSR count). The van der Waals surface area contributed by atoms with E-state index in [1.807, 2.05) is 23.6 Å². The molecule has 0 fully saturated rings. The Kier molecular flexibility index (Phi) is 3.56. The molecule has 1 aliphatic heterocycles. The lowest BCUT2D eigenvalue weighted by Gasteiger charge is -2.00. The number of aromatic nitrogens is 1. The standard InChI is InChI=1S/C14H13NO4S/c16-14(17)4-2-10-7-20-13(15-10)6-9-1-3-11-12(5-9)19-8-18-11/h1,3,5,7H,2,4,6,8H2,(H,16,17). The first kappa shape index (κ1) is 12.9. The number of aryl methyl sites for hydroxylation is 1. The summed E-state index contributed by atoms with van der Waals surface area (Å²) >= 11 is 1.55. The van der Waals surface area contributed by atoms with Crippen molar-refractivity contribution < 1.29 is 19.4 Å². The smallest absolute Gasteiger partial charge is 0.303 e. The van der Waals surface area contributed by atoms with Crippen molar-refractivity contribution in [3.63, 3.8) is 0 Å². The number of nitrogens with zero attached hydrogens (tertiary/aromatic N) is 1. The van der Waals surface area contributed by atoms with Crippen LogP contribution in [0.15, 0.2) is 23.6 Å². The zero-order valence-electron chi connectivity index (χ0n) is 10.7. The van der Waals surface area contributed by atoms with Crippen molar-refractivity contribution in [2.24, 2.45) is 0 Å². The van der Waals surface area contributed by atoms with E-state index in [1.165, 1.54) is 0 Å². The van der Waals surface area contributed by atoms with E-state index in [4.69, 9.17) is 14.6 Å². The van der Waals surface area contributed by atoms with Crippen LogP contribution in [0.2, 0.25) is 0 Å². The minimum Gasteiger partial charge on any atom is -0.481 e. The van der Waals surface area contributed by atoms with Gasteiger partial charge in [-0.15, -0.1) is 11.3 Å². The lowest BCUT2D eigenvalue weighted by molar-refractivity contribution is -0.136. The molecule has 0 spiro atoms. The molecule has 0 amide bonds. The summed E-state index contributed by atoms with van der Waals surface area (Å²) in [5, 5.41) is 11.6. The Balaban J connectivity index is 1.67. The number of carboxylic acid groups (broad SMARTS) is 1. The highest BCUT2D eigenvalue weighted by atomic mass is 32.1. The van der Waals surface area contributed by atoms with Gasteiger partial charge in [-0.3, -0.25) is 4.79 Å². The van der Waals surface area contributed by atoms with E-state index in [0.29, 0.717) is 12.8 Å². The van der Waals surface area contributed by atoms with E-state index in [-0.39, 0.29) is 13.2 Å². The third-order valence-corrected chi connectivity index (χ3v) is 3.88. The summed E-state index contributed by atoms with van der Waals surface area (Å²) in [6.07, 6.45) is 1.31. The molecule has 104 valence electrons. The molecular formula is C14H13NO4S. The summed E-state index contributed by atoms with van der Waals surface area (Å²) in [4.78, 5) is 15.0. The van der Waals surface area contributed by atoms with Gasteiger partial charge in [0.15, 0.2) is 11.5 Å². The molecule has 6 heteroatoms. The van der Waals surface area contributed by atoms with Gasteiger partial charge in [0.25, 0.3) is 0 Å².